The second-order valence-corrected chi connectivity index (χ2v) is 7.06. The number of hydrogen-bond donors (Lipinski definition) is 2. The second kappa shape index (κ2) is 12.8. The molecule has 0 radical (unpaired) electrons. The average molecular weight is 452 g/mol. The van der Waals surface area contributed by atoms with E-state index in [9.17, 15) is 4.79 Å². The minimum atomic E-state index is 0. The molecule has 1 rings (SSSR count). The van der Waals surface area contributed by atoms with E-state index in [2.05, 4.69) is 48.2 Å². The molecule has 142 valence electrons. The van der Waals surface area contributed by atoms with Crippen LogP contribution in [0.1, 0.15) is 66.2 Å². The molecule has 0 aliphatic carbocycles. The van der Waals surface area contributed by atoms with Gasteiger partial charge in [-0.3, -0.25) is 9.79 Å². The standard InChI is InChI=1S/C18H36N4O.HI/c1-6-16(22-13-7-8-17(22)23)11-12-20-18(19-5)21-15(4)10-9-14(2)3;/h14-16H,6-13H2,1-5H3,(H2,19,20,21);1H. The fraction of sp³-hybridized carbons (Fsp3) is 0.889. The number of hydrogen-bond acceptors (Lipinski definition) is 2. The van der Waals surface area contributed by atoms with Gasteiger partial charge in [-0.1, -0.05) is 20.8 Å². The van der Waals surface area contributed by atoms with Gasteiger partial charge in [0.25, 0.3) is 0 Å². The molecule has 24 heavy (non-hydrogen) atoms. The largest absolute Gasteiger partial charge is 0.356 e. The molecule has 0 aromatic heterocycles. The van der Waals surface area contributed by atoms with Gasteiger partial charge in [0.15, 0.2) is 5.96 Å². The SMILES string of the molecule is CCC(CCNC(=NC)NC(C)CCC(C)C)N1CCCC1=O.I. The summed E-state index contributed by atoms with van der Waals surface area (Å²) in [6.45, 7) is 10.6. The van der Waals surface area contributed by atoms with Crippen molar-refractivity contribution < 1.29 is 4.79 Å². The van der Waals surface area contributed by atoms with E-state index in [0.29, 0.717) is 18.0 Å². The number of amides is 1. The summed E-state index contributed by atoms with van der Waals surface area (Å²) in [5.74, 6) is 1.92. The van der Waals surface area contributed by atoms with Crippen LogP contribution >= 0.6 is 24.0 Å². The van der Waals surface area contributed by atoms with E-state index in [-0.39, 0.29) is 24.0 Å². The number of nitrogens with one attached hydrogen (secondary N) is 2. The summed E-state index contributed by atoms with van der Waals surface area (Å²) in [6, 6.07) is 0.778. The van der Waals surface area contributed by atoms with E-state index in [4.69, 9.17) is 0 Å². The van der Waals surface area contributed by atoms with Gasteiger partial charge in [0, 0.05) is 38.6 Å². The van der Waals surface area contributed by atoms with Crippen molar-refractivity contribution in [1.82, 2.24) is 15.5 Å². The lowest BCUT2D eigenvalue weighted by Crippen LogP contribution is -2.44. The molecular formula is C18H37IN4O. The molecule has 0 saturated carbocycles. The Labute approximate surface area is 165 Å². The van der Waals surface area contributed by atoms with E-state index in [1.165, 1.54) is 6.42 Å². The van der Waals surface area contributed by atoms with Crippen LogP contribution in [-0.2, 0) is 4.79 Å². The molecule has 1 aliphatic rings. The Bertz CT molecular complexity index is 387. The van der Waals surface area contributed by atoms with Crippen LogP contribution in [-0.4, -0.2) is 49.0 Å². The number of halogens is 1. The zero-order valence-corrected chi connectivity index (χ0v) is 18.4. The van der Waals surface area contributed by atoms with Gasteiger partial charge in [-0.2, -0.15) is 0 Å². The summed E-state index contributed by atoms with van der Waals surface area (Å²) in [7, 11) is 1.81. The van der Waals surface area contributed by atoms with Crippen molar-refractivity contribution in [1.29, 1.82) is 0 Å². The van der Waals surface area contributed by atoms with Crippen molar-refractivity contribution in [3.63, 3.8) is 0 Å². The molecule has 6 heteroatoms. The number of rotatable bonds is 9. The highest BCUT2D eigenvalue weighted by atomic mass is 127. The van der Waals surface area contributed by atoms with Gasteiger partial charge in [0.1, 0.15) is 0 Å². The Morgan fingerprint density at radius 2 is 1.96 bits per heavy atom. The highest BCUT2D eigenvalue weighted by Gasteiger charge is 2.26. The summed E-state index contributed by atoms with van der Waals surface area (Å²) >= 11 is 0. The number of nitrogens with zero attached hydrogens (tertiary/aromatic N) is 2. The highest BCUT2D eigenvalue weighted by molar-refractivity contribution is 14.0. The van der Waals surface area contributed by atoms with Crippen LogP contribution in [0.5, 0.6) is 0 Å². The lowest BCUT2D eigenvalue weighted by Gasteiger charge is -2.27. The topological polar surface area (TPSA) is 56.7 Å². The summed E-state index contributed by atoms with van der Waals surface area (Å²) in [6.07, 6.45) is 6.10. The third kappa shape index (κ3) is 8.53. The van der Waals surface area contributed by atoms with E-state index in [1.807, 2.05) is 7.05 Å². The molecule has 2 unspecified atom stereocenters. The lowest BCUT2D eigenvalue weighted by molar-refractivity contribution is -0.129. The highest BCUT2D eigenvalue weighted by Crippen LogP contribution is 2.17. The smallest absolute Gasteiger partial charge is 0.222 e. The molecule has 0 aromatic rings. The summed E-state index contributed by atoms with van der Waals surface area (Å²) in [4.78, 5) is 18.2. The number of likely N-dealkylation sites (tertiary alicyclic amines) is 1. The normalized spacial score (nSPS) is 17.7. The Balaban J connectivity index is 0.00000529. The summed E-state index contributed by atoms with van der Waals surface area (Å²) < 4.78 is 0. The third-order valence-corrected chi connectivity index (χ3v) is 4.58. The molecular weight excluding hydrogens is 415 g/mol. The number of aliphatic imine (C=N–C) groups is 1. The molecule has 1 aliphatic heterocycles. The van der Waals surface area contributed by atoms with Crippen LogP contribution in [0.4, 0.5) is 0 Å². The molecule has 1 amide bonds. The van der Waals surface area contributed by atoms with Crippen molar-refractivity contribution in [3.05, 3.63) is 0 Å². The van der Waals surface area contributed by atoms with Crippen molar-refractivity contribution in [3.8, 4) is 0 Å². The maximum absolute atomic E-state index is 11.9. The predicted molar refractivity (Wildman–Crippen MR) is 113 cm³/mol. The van der Waals surface area contributed by atoms with Crippen LogP contribution in [0.25, 0.3) is 0 Å². The Kier molecular flexibility index (Phi) is 12.5. The molecule has 1 heterocycles. The first-order valence-corrected chi connectivity index (χ1v) is 9.24. The monoisotopic (exact) mass is 452 g/mol. The van der Waals surface area contributed by atoms with E-state index >= 15 is 0 Å². The molecule has 2 N–H and O–H groups in total. The first-order valence-electron chi connectivity index (χ1n) is 9.24. The maximum Gasteiger partial charge on any atom is 0.222 e. The van der Waals surface area contributed by atoms with Crippen LogP contribution in [0.15, 0.2) is 4.99 Å². The zero-order valence-electron chi connectivity index (χ0n) is 16.1. The number of carbonyl (C=O) groups excluding carboxylic acids is 1. The van der Waals surface area contributed by atoms with Gasteiger partial charge in [0.2, 0.25) is 5.91 Å². The Morgan fingerprint density at radius 3 is 2.46 bits per heavy atom. The minimum Gasteiger partial charge on any atom is -0.356 e. The third-order valence-electron chi connectivity index (χ3n) is 4.58. The number of guanidine groups is 1. The molecule has 0 aromatic carbocycles. The summed E-state index contributed by atoms with van der Waals surface area (Å²) in [5, 5.41) is 6.84. The molecule has 1 saturated heterocycles. The van der Waals surface area contributed by atoms with Gasteiger partial charge in [-0.25, -0.2) is 0 Å². The molecule has 1 fully saturated rings. The van der Waals surface area contributed by atoms with Crippen LogP contribution in [0.2, 0.25) is 0 Å². The van der Waals surface area contributed by atoms with Crippen LogP contribution in [0, 0.1) is 5.92 Å². The number of carbonyl (C=O) groups is 1. The fourth-order valence-electron chi connectivity index (χ4n) is 3.08. The average Bonchev–Trinajstić information content (AvgIpc) is 2.94. The molecule has 5 nitrogen and oxygen atoms in total. The van der Waals surface area contributed by atoms with E-state index < -0.39 is 0 Å². The maximum atomic E-state index is 11.9. The molecule has 0 bridgehead atoms. The zero-order chi connectivity index (χ0) is 17.2. The van der Waals surface area contributed by atoms with Crippen LogP contribution in [0.3, 0.4) is 0 Å². The first kappa shape index (κ1) is 23.5. The minimum absolute atomic E-state index is 0. The van der Waals surface area contributed by atoms with Crippen molar-refractivity contribution in [2.24, 2.45) is 10.9 Å². The van der Waals surface area contributed by atoms with E-state index in [1.54, 1.807) is 0 Å². The van der Waals surface area contributed by atoms with Gasteiger partial charge < -0.3 is 15.5 Å². The van der Waals surface area contributed by atoms with Gasteiger partial charge >= 0.3 is 0 Å². The van der Waals surface area contributed by atoms with Gasteiger partial charge in [0.05, 0.1) is 0 Å². The van der Waals surface area contributed by atoms with Crippen molar-refractivity contribution in [2.75, 3.05) is 20.1 Å². The summed E-state index contributed by atoms with van der Waals surface area (Å²) in [5.41, 5.74) is 0. The lowest BCUT2D eigenvalue weighted by atomic mass is 10.0. The van der Waals surface area contributed by atoms with Crippen LogP contribution < -0.4 is 10.6 Å². The van der Waals surface area contributed by atoms with Crippen molar-refractivity contribution in [2.45, 2.75) is 78.3 Å². The quantitative estimate of drug-likeness (QED) is 0.321. The van der Waals surface area contributed by atoms with Gasteiger partial charge in [-0.15, -0.1) is 24.0 Å². The Hall–Kier alpha value is -0.530. The fourth-order valence-corrected chi connectivity index (χ4v) is 3.08. The Morgan fingerprint density at radius 1 is 1.25 bits per heavy atom. The molecule has 0 spiro atoms. The van der Waals surface area contributed by atoms with E-state index in [0.717, 1.165) is 57.1 Å². The first-order chi connectivity index (χ1) is 11.0. The molecule has 2 atom stereocenters. The van der Waals surface area contributed by atoms with Crippen molar-refractivity contribution >= 4 is 35.8 Å². The van der Waals surface area contributed by atoms with Gasteiger partial charge in [-0.05, 0) is 44.9 Å². The predicted octanol–water partition coefficient (Wildman–Crippen LogP) is 3.39. The second-order valence-electron chi connectivity index (χ2n) is 7.06.